The number of aryl methyl sites for hydroxylation is 1. The van der Waals surface area contributed by atoms with E-state index in [-0.39, 0.29) is 0 Å². The van der Waals surface area contributed by atoms with E-state index >= 15 is 0 Å². The van der Waals surface area contributed by atoms with Crippen molar-refractivity contribution in [2.45, 2.75) is 38.8 Å². The van der Waals surface area contributed by atoms with Crippen molar-refractivity contribution in [1.82, 2.24) is 10.3 Å². The first kappa shape index (κ1) is 11.9. The van der Waals surface area contributed by atoms with Gasteiger partial charge in [0.25, 0.3) is 0 Å². The van der Waals surface area contributed by atoms with Crippen LogP contribution < -0.4 is 5.32 Å². The summed E-state index contributed by atoms with van der Waals surface area (Å²) in [4.78, 5) is 5.57. The van der Waals surface area contributed by atoms with Crippen molar-refractivity contribution in [3.63, 3.8) is 0 Å². The summed E-state index contributed by atoms with van der Waals surface area (Å²) in [6.45, 7) is 3.89. The van der Waals surface area contributed by atoms with E-state index in [4.69, 9.17) is 0 Å². The predicted octanol–water partition coefficient (Wildman–Crippen LogP) is 3.62. The molecule has 3 rings (SSSR count). The Balaban J connectivity index is 1.50. The largest absolute Gasteiger partial charge is 0.308 e. The van der Waals surface area contributed by atoms with E-state index in [2.05, 4.69) is 34.6 Å². The second kappa shape index (κ2) is 5.21. The molecule has 0 spiro atoms. The summed E-state index contributed by atoms with van der Waals surface area (Å²) in [5.41, 5.74) is 2.87. The van der Waals surface area contributed by atoms with E-state index in [0.29, 0.717) is 0 Å². The Morgan fingerprint density at radius 1 is 1.22 bits per heavy atom. The van der Waals surface area contributed by atoms with Crippen LogP contribution >= 0.6 is 11.3 Å². The van der Waals surface area contributed by atoms with Gasteiger partial charge in [0.05, 0.1) is 5.01 Å². The molecule has 3 heteroatoms. The third kappa shape index (κ3) is 2.98. The lowest BCUT2D eigenvalue weighted by molar-refractivity contribution is 0.699. The van der Waals surface area contributed by atoms with Crippen LogP contribution in [0.25, 0.3) is 0 Å². The van der Waals surface area contributed by atoms with Gasteiger partial charge in [-0.25, -0.2) is 4.98 Å². The van der Waals surface area contributed by atoms with E-state index in [1.807, 2.05) is 13.1 Å². The predicted molar refractivity (Wildman–Crippen MR) is 75.8 cm³/mol. The molecule has 18 heavy (non-hydrogen) atoms. The highest BCUT2D eigenvalue weighted by Gasteiger charge is 2.22. The van der Waals surface area contributed by atoms with Crippen LogP contribution in [0.1, 0.15) is 39.8 Å². The van der Waals surface area contributed by atoms with Crippen molar-refractivity contribution in [2.24, 2.45) is 0 Å². The van der Waals surface area contributed by atoms with Gasteiger partial charge in [-0.2, -0.15) is 0 Å². The molecule has 1 aliphatic rings. The molecule has 2 nitrogen and oxygen atoms in total. The van der Waals surface area contributed by atoms with Gasteiger partial charge >= 0.3 is 0 Å². The van der Waals surface area contributed by atoms with Gasteiger partial charge in [-0.05, 0) is 36.8 Å². The Morgan fingerprint density at radius 2 is 2.00 bits per heavy atom. The van der Waals surface area contributed by atoms with E-state index in [0.717, 1.165) is 24.0 Å². The number of nitrogens with zero attached hydrogens (tertiary/aromatic N) is 1. The van der Waals surface area contributed by atoms with Crippen LogP contribution in [0.2, 0.25) is 0 Å². The fraction of sp³-hybridized carbons (Fsp3) is 0.400. The minimum Gasteiger partial charge on any atom is -0.308 e. The second-order valence-electron chi connectivity index (χ2n) is 4.97. The van der Waals surface area contributed by atoms with Gasteiger partial charge in [0.2, 0.25) is 0 Å². The van der Waals surface area contributed by atoms with Crippen molar-refractivity contribution >= 4 is 11.3 Å². The van der Waals surface area contributed by atoms with Gasteiger partial charge in [0.15, 0.2) is 0 Å². The van der Waals surface area contributed by atoms with Crippen LogP contribution in [0, 0.1) is 6.92 Å². The Labute approximate surface area is 112 Å². The smallest absolute Gasteiger partial charge is 0.0897 e. The summed E-state index contributed by atoms with van der Waals surface area (Å²) >= 11 is 1.76. The number of thiazole rings is 1. The lowest BCUT2D eigenvalue weighted by Gasteiger charge is -2.04. The molecule has 1 heterocycles. The van der Waals surface area contributed by atoms with Gasteiger partial charge in [0.1, 0.15) is 0 Å². The van der Waals surface area contributed by atoms with E-state index in [1.54, 1.807) is 11.3 Å². The zero-order chi connectivity index (χ0) is 12.4. The van der Waals surface area contributed by atoms with Crippen LogP contribution in [-0.2, 0) is 13.1 Å². The first-order chi connectivity index (χ1) is 8.81. The average Bonchev–Trinajstić information content (AvgIpc) is 3.15. The van der Waals surface area contributed by atoms with Crippen LogP contribution in [-0.4, -0.2) is 4.98 Å². The summed E-state index contributed by atoms with van der Waals surface area (Å²) in [6.07, 6.45) is 4.72. The number of aromatic nitrogens is 1. The topological polar surface area (TPSA) is 24.9 Å². The molecule has 1 aromatic carbocycles. The molecule has 1 saturated carbocycles. The molecule has 1 aromatic heterocycles. The molecule has 0 aliphatic heterocycles. The number of benzene rings is 1. The zero-order valence-corrected chi connectivity index (χ0v) is 11.5. The highest BCUT2D eigenvalue weighted by Crippen LogP contribution is 2.39. The molecular weight excluding hydrogens is 240 g/mol. The zero-order valence-electron chi connectivity index (χ0n) is 10.6. The van der Waals surface area contributed by atoms with E-state index < -0.39 is 0 Å². The van der Waals surface area contributed by atoms with E-state index in [1.165, 1.54) is 28.8 Å². The third-order valence-electron chi connectivity index (χ3n) is 3.33. The van der Waals surface area contributed by atoms with Crippen LogP contribution in [0.15, 0.2) is 30.5 Å². The van der Waals surface area contributed by atoms with Gasteiger partial charge in [-0.15, -0.1) is 11.3 Å². The van der Waals surface area contributed by atoms with Crippen molar-refractivity contribution < 1.29 is 0 Å². The Kier molecular flexibility index (Phi) is 3.43. The van der Waals surface area contributed by atoms with Gasteiger partial charge < -0.3 is 5.32 Å². The van der Waals surface area contributed by atoms with Crippen molar-refractivity contribution in [2.75, 3.05) is 0 Å². The Bertz CT molecular complexity index is 512. The lowest BCUT2D eigenvalue weighted by atomic mass is 10.1. The van der Waals surface area contributed by atoms with Crippen molar-refractivity contribution in [3.8, 4) is 0 Å². The molecule has 0 amide bonds. The Morgan fingerprint density at radius 3 is 2.61 bits per heavy atom. The highest BCUT2D eigenvalue weighted by molar-refractivity contribution is 7.11. The van der Waals surface area contributed by atoms with E-state index in [9.17, 15) is 0 Å². The standard InChI is InChI=1S/C15H18N2S/c1-11-17-10-15(18-11)9-16-8-12-2-4-13(5-3-12)14-6-7-14/h2-5,10,14,16H,6-9H2,1H3. The SMILES string of the molecule is Cc1ncc(CNCc2ccc(C3CC3)cc2)s1. The van der Waals surface area contributed by atoms with Gasteiger partial charge in [-0.1, -0.05) is 24.3 Å². The third-order valence-corrected chi connectivity index (χ3v) is 4.24. The molecule has 0 atom stereocenters. The van der Waals surface area contributed by atoms with Gasteiger partial charge in [-0.3, -0.25) is 0 Å². The fourth-order valence-corrected chi connectivity index (χ4v) is 2.91. The van der Waals surface area contributed by atoms with Crippen molar-refractivity contribution in [3.05, 3.63) is 51.5 Å². The summed E-state index contributed by atoms with van der Waals surface area (Å²) in [5, 5.41) is 4.61. The molecule has 0 bridgehead atoms. The minimum absolute atomic E-state index is 0.854. The summed E-state index contributed by atoms with van der Waals surface area (Å²) in [7, 11) is 0. The van der Waals surface area contributed by atoms with Crippen LogP contribution in [0.3, 0.4) is 0 Å². The molecule has 94 valence electrons. The summed E-state index contributed by atoms with van der Waals surface area (Å²) in [6, 6.07) is 9.06. The molecule has 1 fully saturated rings. The van der Waals surface area contributed by atoms with Crippen LogP contribution in [0.5, 0.6) is 0 Å². The maximum Gasteiger partial charge on any atom is 0.0897 e. The molecule has 0 saturated heterocycles. The normalized spacial score (nSPS) is 14.9. The molecule has 0 unspecified atom stereocenters. The lowest BCUT2D eigenvalue weighted by Crippen LogP contribution is -2.11. The average molecular weight is 258 g/mol. The first-order valence-electron chi connectivity index (χ1n) is 6.52. The maximum atomic E-state index is 4.26. The Hall–Kier alpha value is -1.19. The first-order valence-corrected chi connectivity index (χ1v) is 7.34. The van der Waals surface area contributed by atoms with Crippen LogP contribution in [0.4, 0.5) is 0 Å². The monoisotopic (exact) mass is 258 g/mol. The number of rotatable bonds is 5. The maximum absolute atomic E-state index is 4.26. The molecule has 2 aromatic rings. The quantitative estimate of drug-likeness (QED) is 0.886. The summed E-state index contributed by atoms with van der Waals surface area (Å²) in [5.74, 6) is 0.854. The number of hydrogen-bond acceptors (Lipinski definition) is 3. The second-order valence-corrected chi connectivity index (χ2v) is 6.28. The van der Waals surface area contributed by atoms with Gasteiger partial charge in [0, 0.05) is 24.2 Å². The highest BCUT2D eigenvalue weighted by atomic mass is 32.1. The summed E-state index contributed by atoms with van der Waals surface area (Å²) < 4.78 is 0. The molecule has 1 N–H and O–H groups in total. The molecule has 1 aliphatic carbocycles. The molecular formula is C15H18N2S. The van der Waals surface area contributed by atoms with Crippen molar-refractivity contribution in [1.29, 1.82) is 0 Å². The minimum atomic E-state index is 0.854. The number of hydrogen-bond donors (Lipinski definition) is 1. The fourth-order valence-electron chi connectivity index (χ4n) is 2.14. The molecule has 0 radical (unpaired) electrons. The number of nitrogens with one attached hydrogen (secondary N) is 1.